The molecule has 1 amide bonds. The number of carbonyl (C=O) groups excluding carboxylic acids is 1. The van der Waals surface area contributed by atoms with E-state index in [-0.39, 0.29) is 30.0 Å². The molecule has 1 N–H and O–H groups in total. The molecule has 2 aliphatic rings. The first-order chi connectivity index (χ1) is 13.1. The number of rotatable bonds is 4. The second-order valence-electron chi connectivity index (χ2n) is 6.78. The summed E-state index contributed by atoms with van der Waals surface area (Å²) < 4.78 is 31.3. The summed E-state index contributed by atoms with van der Waals surface area (Å²) in [7, 11) is 0. The van der Waals surface area contributed by atoms with E-state index in [1.54, 1.807) is 17.0 Å². The average Bonchev–Trinajstić information content (AvgIpc) is 3.11. The second kappa shape index (κ2) is 8.83. The number of nitrogens with one attached hydrogen (secondary N) is 1. The number of halogens is 3. The third kappa shape index (κ3) is 4.25. The van der Waals surface area contributed by atoms with E-state index in [2.05, 4.69) is 24.8 Å². The summed E-state index contributed by atoms with van der Waals surface area (Å²) >= 11 is 0. The average molecular weight is 414 g/mol. The highest BCUT2D eigenvalue weighted by Crippen LogP contribution is 2.29. The zero-order valence-corrected chi connectivity index (χ0v) is 16.0. The number of alkyl halides is 2. The van der Waals surface area contributed by atoms with E-state index in [9.17, 15) is 13.6 Å². The van der Waals surface area contributed by atoms with Gasteiger partial charge in [0.1, 0.15) is 17.4 Å². The molecule has 4 rings (SSSR count). The molecule has 2 aromatic rings. The minimum absolute atomic E-state index is 0. The largest absolute Gasteiger partial charge is 0.435 e. The Morgan fingerprint density at radius 3 is 2.75 bits per heavy atom. The van der Waals surface area contributed by atoms with Crippen molar-refractivity contribution in [2.75, 3.05) is 19.6 Å². The lowest BCUT2D eigenvalue weighted by atomic mass is 9.95. The molecule has 0 atom stereocenters. The number of ether oxygens (including phenoxy) is 1. The number of fused-ring (bicyclic) bond motifs is 1. The zero-order chi connectivity index (χ0) is 18.8. The molecule has 1 fully saturated rings. The van der Waals surface area contributed by atoms with Crippen molar-refractivity contribution in [1.29, 1.82) is 0 Å². The Balaban J connectivity index is 0.00000225. The molecule has 0 aliphatic carbocycles. The Morgan fingerprint density at radius 1 is 1.21 bits per heavy atom. The van der Waals surface area contributed by atoms with Gasteiger partial charge in [-0.2, -0.15) is 8.78 Å². The molecule has 1 saturated heterocycles. The van der Waals surface area contributed by atoms with Gasteiger partial charge in [-0.15, -0.1) is 22.6 Å². The number of amides is 1. The molecule has 152 valence electrons. The molecular weight excluding hydrogens is 392 g/mol. The number of carbonyl (C=O) groups is 1. The van der Waals surface area contributed by atoms with Crippen molar-refractivity contribution in [1.82, 2.24) is 25.0 Å². The fourth-order valence-electron chi connectivity index (χ4n) is 3.75. The third-order valence-electron chi connectivity index (χ3n) is 5.10. The highest BCUT2D eigenvalue weighted by atomic mass is 35.5. The lowest BCUT2D eigenvalue weighted by molar-refractivity contribution is -0.0499. The van der Waals surface area contributed by atoms with E-state index in [0.29, 0.717) is 18.7 Å². The first-order valence-corrected chi connectivity index (χ1v) is 9.08. The zero-order valence-electron chi connectivity index (χ0n) is 15.2. The summed E-state index contributed by atoms with van der Waals surface area (Å²) in [4.78, 5) is 14.5. The van der Waals surface area contributed by atoms with Crippen LogP contribution in [0.3, 0.4) is 0 Å². The number of likely N-dealkylation sites (tertiary alicyclic amines) is 1. The van der Waals surface area contributed by atoms with Gasteiger partial charge in [-0.05, 0) is 31.0 Å². The highest BCUT2D eigenvalue weighted by molar-refractivity contribution is 5.94. The molecule has 10 heteroatoms. The minimum Gasteiger partial charge on any atom is -0.435 e. The van der Waals surface area contributed by atoms with E-state index in [4.69, 9.17) is 0 Å². The van der Waals surface area contributed by atoms with Crippen molar-refractivity contribution in [3.05, 3.63) is 41.5 Å². The summed E-state index contributed by atoms with van der Waals surface area (Å²) in [6.45, 7) is 0.810. The monoisotopic (exact) mass is 413 g/mol. The van der Waals surface area contributed by atoms with Gasteiger partial charge in [-0.25, -0.2) is 0 Å². The van der Waals surface area contributed by atoms with Gasteiger partial charge in [0.25, 0.3) is 5.91 Å². The van der Waals surface area contributed by atoms with Crippen LogP contribution in [0.1, 0.15) is 40.8 Å². The summed E-state index contributed by atoms with van der Waals surface area (Å²) in [5.74, 6) is 2.08. The molecule has 0 saturated carbocycles. The Kier molecular flexibility index (Phi) is 6.46. The van der Waals surface area contributed by atoms with Gasteiger partial charge in [-0.1, -0.05) is 6.07 Å². The predicted octanol–water partition coefficient (Wildman–Crippen LogP) is 2.42. The number of hydrogen-bond donors (Lipinski definition) is 1. The van der Waals surface area contributed by atoms with Gasteiger partial charge in [0.2, 0.25) is 0 Å². The highest BCUT2D eigenvalue weighted by Gasteiger charge is 2.29. The van der Waals surface area contributed by atoms with Crippen LogP contribution in [0.25, 0.3) is 0 Å². The maximum Gasteiger partial charge on any atom is 0.387 e. The molecule has 7 nitrogen and oxygen atoms in total. The van der Waals surface area contributed by atoms with Gasteiger partial charge >= 0.3 is 6.61 Å². The minimum atomic E-state index is -2.91. The lowest BCUT2D eigenvalue weighted by Crippen LogP contribution is -2.39. The topological polar surface area (TPSA) is 72.3 Å². The molecule has 0 spiro atoms. The van der Waals surface area contributed by atoms with Crippen molar-refractivity contribution in [2.45, 2.75) is 38.5 Å². The van der Waals surface area contributed by atoms with Crippen molar-refractivity contribution >= 4 is 18.3 Å². The van der Waals surface area contributed by atoms with Crippen LogP contribution in [0.15, 0.2) is 24.3 Å². The third-order valence-corrected chi connectivity index (χ3v) is 5.10. The SMILES string of the molecule is Cl.O=C(c1cccc(OC(F)F)c1)N1CCC(c2nnc3n2CCNC3)CC1. The molecule has 28 heavy (non-hydrogen) atoms. The van der Waals surface area contributed by atoms with Crippen molar-refractivity contribution in [2.24, 2.45) is 0 Å². The van der Waals surface area contributed by atoms with Gasteiger partial charge in [0.15, 0.2) is 0 Å². The molecule has 0 bridgehead atoms. The Bertz CT molecular complexity index is 824. The summed E-state index contributed by atoms with van der Waals surface area (Å²) in [6, 6.07) is 5.95. The molecule has 0 radical (unpaired) electrons. The first-order valence-electron chi connectivity index (χ1n) is 9.08. The van der Waals surface area contributed by atoms with Crippen LogP contribution in [-0.4, -0.2) is 51.8 Å². The summed E-state index contributed by atoms with van der Waals surface area (Å²) in [5.41, 5.74) is 0.359. The first kappa shape index (κ1) is 20.5. The predicted molar refractivity (Wildman–Crippen MR) is 99.9 cm³/mol. The van der Waals surface area contributed by atoms with Gasteiger partial charge in [0.05, 0.1) is 6.54 Å². The number of piperidine rings is 1. The molecule has 1 aromatic carbocycles. The van der Waals surface area contributed by atoms with E-state index in [1.165, 1.54) is 12.1 Å². The Morgan fingerprint density at radius 2 is 2.00 bits per heavy atom. The van der Waals surface area contributed by atoms with Gasteiger partial charge in [-0.3, -0.25) is 4.79 Å². The maximum absolute atomic E-state index is 12.7. The van der Waals surface area contributed by atoms with E-state index < -0.39 is 6.61 Å². The summed E-state index contributed by atoms with van der Waals surface area (Å²) in [5, 5.41) is 11.9. The number of benzene rings is 1. The van der Waals surface area contributed by atoms with Crippen LogP contribution >= 0.6 is 12.4 Å². The van der Waals surface area contributed by atoms with Crippen molar-refractivity contribution in [3.8, 4) is 5.75 Å². The number of hydrogen-bond acceptors (Lipinski definition) is 5. The van der Waals surface area contributed by atoms with E-state index >= 15 is 0 Å². The Hall–Kier alpha value is -2.26. The molecule has 1 aromatic heterocycles. The van der Waals surface area contributed by atoms with Crippen LogP contribution in [0.5, 0.6) is 5.75 Å². The van der Waals surface area contributed by atoms with Crippen LogP contribution in [-0.2, 0) is 13.1 Å². The standard InChI is InChI=1S/C18H21F2N5O2.ClH/c19-18(20)27-14-3-1-2-13(10-14)17(26)24-7-4-12(5-8-24)16-23-22-15-11-21-6-9-25(15)16;/h1-3,10,12,18,21H,4-9,11H2;1H. The van der Waals surface area contributed by atoms with Crippen LogP contribution in [0.4, 0.5) is 8.78 Å². The van der Waals surface area contributed by atoms with Crippen LogP contribution in [0.2, 0.25) is 0 Å². The van der Waals surface area contributed by atoms with E-state index in [0.717, 1.165) is 44.1 Å². The second-order valence-corrected chi connectivity index (χ2v) is 6.78. The molecular formula is C18H22ClF2N5O2. The lowest BCUT2D eigenvalue weighted by Gasteiger charge is -2.32. The fourth-order valence-corrected chi connectivity index (χ4v) is 3.75. The number of nitrogens with zero attached hydrogens (tertiary/aromatic N) is 4. The smallest absolute Gasteiger partial charge is 0.387 e. The van der Waals surface area contributed by atoms with Gasteiger partial charge in [0, 0.05) is 37.7 Å². The van der Waals surface area contributed by atoms with Crippen molar-refractivity contribution in [3.63, 3.8) is 0 Å². The molecule has 3 heterocycles. The van der Waals surface area contributed by atoms with E-state index in [1.807, 2.05) is 0 Å². The van der Waals surface area contributed by atoms with Crippen molar-refractivity contribution < 1.29 is 18.3 Å². The molecule has 0 unspecified atom stereocenters. The van der Waals surface area contributed by atoms with Crippen LogP contribution < -0.4 is 10.1 Å². The quantitative estimate of drug-likeness (QED) is 0.833. The normalized spacial score (nSPS) is 17.2. The van der Waals surface area contributed by atoms with Gasteiger partial charge < -0.3 is 19.5 Å². The Labute approximate surface area is 167 Å². The van der Waals surface area contributed by atoms with Crippen LogP contribution in [0, 0.1) is 0 Å². The fraction of sp³-hybridized carbons (Fsp3) is 0.500. The summed E-state index contributed by atoms with van der Waals surface area (Å²) in [6.07, 6.45) is 1.62. The maximum atomic E-state index is 12.7. The number of aromatic nitrogens is 3. The molecule has 2 aliphatic heterocycles.